The van der Waals surface area contributed by atoms with Gasteiger partial charge in [-0.2, -0.15) is 5.26 Å². The third-order valence-corrected chi connectivity index (χ3v) is 4.73. The van der Waals surface area contributed by atoms with Crippen molar-refractivity contribution in [1.29, 1.82) is 5.26 Å². The highest BCUT2D eigenvalue weighted by Crippen LogP contribution is 2.42. The van der Waals surface area contributed by atoms with Crippen molar-refractivity contribution >= 4 is 51.2 Å². The van der Waals surface area contributed by atoms with E-state index in [1.54, 1.807) is 24.3 Å². The molecule has 160 valence electrons. The molecule has 1 aromatic heterocycles. The molecule has 0 aliphatic carbocycles. The molecule has 1 amide bonds. The van der Waals surface area contributed by atoms with Crippen LogP contribution in [0.5, 0.6) is 17.2 Å². The second-order valence-electron chi connectivity index (χ2n) is 6.34. The van der Waals surface area contributed by atoms with Crippen LogP contribution in [-0.4, -0.2) is 38.1 Å². The van der Waals surface area contributed by atoms with Crippen molar-refractivity contribution in [1.82, 2.24) is 4.98 Å². The number of fused-ring (bicyclic) bond motifs is 1. The van der Waals surface area contributed by atoms with E-state index in [4.69, 9.17) is 31.5 Å². The minimum absolute atomic E-state index is 0.218. The summed E-state index contributed by atoms with van der Waals surface area (Å²) in [6.45, 7) is 0. The molecule has 0 spiro atoms. The van der Waals surface area contributed by atoms with Crippen molar-refractivity contribution in [3.63, 3.8) is 0 Å². The summed E-state index contributed by atoms with van der Waals surface area (Å²) >= 11 is 5.59. The van der Waals surface area contributed by atoms with Crippen LogP contribution < -0.4 is 30.6 Å². The molecular weight excluding hydrogens is 422 g/mol. The zero-order valence-corrected chi connectivity index (χ0v) is 17.8. The largest absolute Gasteiger partial charge is 0.493 e. The van der Waals surface area contributed by atoms with Gasteiger partial charge >= 0.3 is 0 Å². The van der Waals surface area contributed by atoms with Crippen LogP contribution in [0, 0.1) is 11.3 Å². The van der Waals surface area contributed by atoms with Gasteiger partial charge in [-0.15, -0.1) is 11.6 Å². The normalized spacial score (nSPS) is 10.3. The summed E-state index contributed by atoms with van der Waals surface area (Å²) < 4.78 is 16.1. The van der Waals surface area contributed by atoms with Crippen molar-refractivity contribution in [3.8, 4) is 23.3 Å². The average Bonchev–Trinajstić information content (AvgIpc) is 2.79. The lowest BCUT2D eigenvalue weighted by molar-refractivity contribution is -0.113. The fraction of sp³-hybridized carbons (Fsp3) is 0.190. The number of pyridine rings is 1. The third-order valence-electron chi connectivity index (χ3n) is 4.49. The highest BCUT2D eigenvalue weighted by molar-refractivity contribution is 6.29. The molecule has 0 fully saturated rings. The number of rotatable bonds is 7. The predicted molar refractivity (Wildman–Crippen MR) is 120 cm³/mol. The number of alkyl halides is 1. The van der Waals surface area contributed by atoms with Gasteiger partial charge in [0.05, 0.1) is 49.5 Å². The lowest BCUT2D eigenvalue weighted by atomic mass is 10.1. The van der Waals surface area contributed by atoms with Gasteiger partial charge in [-0.3, -0.25) is 9.78 Å². The number of methoxy groups -OCH3 is 3. The van der Waals surface area contributed by atoms with Gasteiger partial charge in [-0.1, -0.05) is 0 Å². The first-order valence-corrected chi connectivity index (χ1v) is 9.54. The first-order valence-electron chi connectivity index (χ1n) is 9.00. The maximum atomic E-state index is 11.7. The van der Waals surface area contributed by atoms with Crippen molar-refractivity contribution in [2.24, 2.45) is 0 Å². The minimum Gasteiger partial charge on any atom is -0.493 e. The molecule has 4 N–H and O–H groups in total. The van der Waals surface area contributed by atoms with Gasteiger partial charge in [0.2, 0.25) is 11.7 Å². The summed E-state index contributed by atoms with van der Waals surface area (Å²) in [4.78, 5) is 16.0. The highest BCUT2D eigenvalue weighted by atomic mass is 35.5. The van der Waals surface area contributed by atoms with Crippen molar-refractivity contribution < 1.29 is 19.0 Å². The van der Waals surface area contributed by atoms with E-state index in [0.29, 0.717) is 56.5 Å². The molecular formula is C21H20ClN5O4. The summed E-state index contributed by atoms with van der Waals surface area (Å²) in [6.07, 6.45) is 1.44. The van der Waals surface area contributed by atoms with Crippen LogP contribution in [0.4, 0.5) is 22.7 Å². The van der Waals surface area contributed by atoms with Crippen LogP contribution in [0.2, 0.25) is 0 Å². The average molecular weight is 442 g/mol. The van der Waals surface area contributed by atoms with E-state index >= 15 is 0 Å². The zero-order chi connectivity index (χ0) is 22.5. The standard InChI is InChI=1S/C21H20ClN5O4/c1-29-17-4-12(5-18(30-2)21(17)31-3)26-20-11(9-23)10-25-15-7-14(24)16(6-13(15)20)27-19(28)8-22/h4-7,10H,8,24H2,1-3H3,(H,25,26)(H,27,28). The fourth-order valence-electron chi connectivity index (χ4n) is 3.06. The van der Waals surface area contributed by atoms with E-state index < -0.39 is 5.91 Å². The number of nitrogen functional groups attached to an aromatic ring is 1. The molecule has 1 heterocycles. The monoisotopic (exact) mass is 441 g/mol. The number of benzene rings is 2. The predicted octanol–water partition coefficient (Wildman–Crippen LogP) is 3.64. The number of amides is 1. The Labute approximate surface area is 183 Å². The maximum absolute atomic E-state index is 11.7. The maximum Gasteiger partial charge on any atom is 0.239 e. The smallest absolute Gasteiger partial charge is 0.239 e. The lowest BCUT2D eigenvalue weighted by Gasteiger charge is -2.17. The third kappa shape index (κ3) is 4.34. The molecule has 0 radical (unpaired) electrons. The molecule has 31 heavy (non-hydrogen) atoms. The number of nitrogens with zero attached hydrogens (tertiary/aromatic N) is 2. The first-order chi connectivity index (χ1) is 14.9. The van der Waals surface area contributed by atoms with Crippen LogP contribution in [0.1, 0.15) is 5.56 Å². The Hall–Kier alpha value is -3.90. The number of carbonyl (C=O) groups is 1. The van der Waals surface area contributed by atoms with Crippen LogP contribution >= 0.6 is 11.6 Å². The number of nitrogens with one attached hydrogen (secondary N) is 2. The summed E-state index contributed by atoms with van der Waals surface area (Å²) in [5.74, 6) is 0.705. The molecule has 9 nitrogen and oxygen atoms in total. The topological polar surface area (TPSA) is 132 Å². The van der Waals surface area contributed by atoms with Crippen molar-refractivity contribution in [2.75, 3.05) is 43.6 Å². The zero-order valence-electron chi connectivity index (χ0n) is 17.1. The van der Waals surface area contributed by atoms with Crippen LogP contribution in [-0.2, 0) is 4.79 Å². The first kappa shape index (κ1) is 21.8. The SMILES string of the molecule is COc1cc(Nc2c(C#N)cnc3cc(N)c(NC(=O)CCl)cc23)cc(OC)c1OC. The van der Waals surface area contributed by atoms with E-state index in [0.717, 1.165) is 0 Å². The van der Waals surface area contributed by atoms with Gasteiger partial charge in [0.15, 0.2) is 11.5 Å². The van der Waals surface area contributed by atoms with Gasteiger partial charge in [-0.25, -0.2) is 0 Å². The number of nitrogens with two attached hydrogens (primary N) is 1. The van der Waals surface area contributed by atoms with E-state index in [2.05, 4.69) is 21.7 Å². The number of carbonyl (C=O) groups excluding carboxylic acids is 1. The fourth-order valence-corrected chi connectivity index (χ4v) is 3.13. The molecule has 0 aliphatic rings. The Bertz CT molecular complexity index is 1170. The van der Waals surface area contributed by atoms with E-state index in [1.807, 2.05) is 0 Å². The lowest BCUT2D eigenvalue weighted by Crippen LogP contribution is -2.14. The minimum atomic E-state index is -0.406. The molecule has 3 aromatic rings. The molecule has 3 rings (SSSR count). The molecule has 0 aliphatic heterocycles. The van der Waals surface area contributed by atoms with Crippen molar-refractivity contribution in [3.05, 3.63) is 36.0 Å². The van der Waals surface area contributed by atoms with Gasteiger partial charge in [0.25, 0.3) is 0 Å². The summed E-state index contributed by atoms with van der Waals surface area (Å²) in [5.41, 5.74) is 8.62. The number of ether oxygens (including phenoxy) is 3. The molecule has 0 saturated carbocycles. The number of anilines is 4. The Morgan fingerprint density at radius 2 is 1.84 bits per heavy atom. The summed E-state index contributed by atoms with van der Waals surface area (Å²) in [6, 6.07) is 8.80. The molecule has 0 unspecified atom stereocenters. The Kier molecular flexibility index (Phi) is 6.52. The molecule has 0 saturated heterocycles. The number of nitriles is 1. The van der Waals surface area contributed by atoms with Gasteiger partial charge in [-0.05, 0) is 12.1 Å². The molecule has 10 heteroatoms. The van der Waals surface area contributed by atoms with Crippen LogP contribution in [0.15, 0.2) is 30.5 Å². The van der Waals surface area contributed by atoms with E-state index in [9.17, 15) is 10.1 Å². The molecule has 2 aromatic carbocycles. The Morgan fingerprint density at radius 1 is 1.16 bits per heavy atom. The summed E-state index contributed by atoms with van der Waals surface area (Å²) in [7, 11) is 4.54. The quantitative estimate of drug-likeness (QED) is 0.374. The number of hydrogen-bond donors (Lipinski definition) is 3. The van der Waals surface area contributed by atoms with Crippen molar-refractivity contribution in [2.45, 2.75) is 0 Å². The second-order valence-corrected chi connectivity index (χ2v) is 6.60. The van der Waals surface area contributed by atoms with Gasteiger partial charge in [0.1, 0.15) is 11.9 Å². The Balaban J connectivity index is 2.18. The van der Waals surface area contributed by atoms with Crippen LogP contribution in [0.25, 0.3) is 10.9 Å². The van der Waals surface area contributed by atoms with E-state index in [1.165, 1.54) is 27.5 Å². The molecule has 0 atom stereocenters. The number of hydrogen-bond acceptors (Lipinski definition) is 8. The van der Waals surface area contributed by atoms with Gasteiger partial charge in [0, 0.05) is 29.4 Å². The highest BCUT2D eigenvalue weighted by Gasteiger charge is 2.17. The number of aromatic nitrogens is 1. The second kappa shape index (κ2) is 9.28. The summed E-state index contributed by atoms with van der Waals surface area (Å²) in [5, 5.41) is 16.1. The molecule has 0 bridgehead atoms. The van der Waals surface area contributed by atoms with Gasteiger partial charge < -0.3 is 30.6 Å². The van der Waals surface area contributed by atoms with Crippen LogP contribution in [0.3, 0.4) is 0 Å². The Morgan fingerprint density at radius 3 is 2.39 bits per heavy atom. The van der Waals surface area contributed by atoms with E-state index in [-0.39, 0.29) is 5.88 Å². The number of halogens is 1.